The minimum absolute atomic E-state index is 0.0648. The van der Waals surface area contributed by atoms with Gasteiger partial charge in [0.2, 0.25) is 0 Å². The van der Waals surface area contributed by atoms with E-state index in [1.807, 2.05) is 10.6 Å². The second-order valence-electron chi connectivity index (χ2n) is 7.15. The molecule has 0 saturated heterocycles. The molecule has 4 heterocycles. The molecule has 0 saturated carbocycles. The van der Waals surface area contributed by atoms with Crippen LogP contribution in [0, 0.1) is 11.3 Å². The van der Waals surface area contributed by atoms with Crippen LogP contribution in [0.4, 0.5) is 13.2 Å². The van der Waals surface area contributed by atoms with E-state index in [0.717, 1.165) is 23.8 Å². The molecule has 1 atom stereocenters. The van der Waals surface area contributed by atoms with E-state index in [-0.39, 0.29) is 24.1 Å². The number of ether oxygens (including phenoxy) is 2. The third kappa shape index (κ3) is 3.58. The molecule has 160 valence electrons. The average Bonchev–Trinajstić information content (AvgIpc) is 3.34. The van der Waals surface area contributed by atoms with E-state index in [0.29, 0.717) is 29.4 Å². The Morgan fingerprint density at radius 1 is 1.16 bits per heavy atom. The highest BCUT2D eigenvalue weighted by Gasteiger charge is 2.31. The summed E-state index contributed by atoms with van der Waals surface area (Å²) in [7, 11) is 0. The van der Waals surface area contributed by atoms with Gasteiger partial charge in [-0.2, -0.15) is 23.4 Å². The zero-order valence-electron chi connectivity index (χ0n) is 16.4. The molecule has 0 amide bonds. The molecule has 7 nitrogen and oxygen atoms in total. The van der Waals surface area contributed by atoms with Gasteiger partial charge in [0.1, 0.15) is 18.1 Å². The summed E-state index contributed by atoms with van der Waals surface area (Å²) in [5.41, 5.74) is 1.50. The third-order valence-corrected chi connectivity index (χ3v) is 5.03. The van der Waals surface area contributed by atoms with Gasteiger partial charge in [-0.25, -0.2) is 0 Å². The number of imidazole rings is 1. The van der Waals surface area contributed by atoms with Crippen LogP contribution in [0.2, 0.25) is 0 Å². The first kappa shape index (κ1) is 19.8. The van der Waals surface area contributed by atoms with Crippen molar-refractivity contribution >= 4 is 11.0 Å². The van der Waals surface area contributed by atoms with Crippen molar-refractivity contribution in [2.24, 2.45) is 0 Å². The molecule has 32 heavy (non-hydrogen) atoms. The zero-order valence-corrected chi connectivity index (χ0v) is 16.4. The molecule has 0 radical (unpaired) electrons. The maximum atomic E-state index is 13.1. The van der Waals surface area contributed by atoms with Crippen molar-refractivity contribution in [3.8, 4) is 29.2 Å². The van der Waals surface area contributed by atoms with Crippen LogP contribution >= 0.6 is 0 Å². The molecule has 0 aliphatic carbocycles. The predicted octanol–water partition coefficient (Wildman–Crippen LogP) is 4.22. The van der Waals surface area contributed by atoms with Crippen LogP contribution in [-0.4, -0.2) is 32.2 Å². The third-order valence-electron chi connectivity index (χ3n) is 5.03. The summed E-state index contributed by atoms with van der Waals surface area (Å²) in [6, 6.07) is 12.8. The minimum atomic E-state index is -4.48. The molecule has 3 aromatic heterocycles. The van der Waals surface area contributed by atoms with Gasteiger partial charge in [0, 0.05) is 12.4 Å². The standard InChI is InChI=1S/C22H14F3N5O2/c23-22(24,25)14-5-7-27-17(9-14)20-19(2-1-6-28-20)31-12-15-11-30-18-4-3-13(10-26)8-16(18)29-21(30)32-15/h1-9,15H,11-12H2/t15-/m0/s1. The maximum absolute atomic E-state index is 13.1. The fraction of sp³-hybridized carbons (Fsp3) is 0.182. The SMILES string of the molecule is N#Cc1ccc2c(c1)nc1n2C[C@@H](COc2cccnc2-c2cc(C(F)(F)F)ccn2)O1. The number of benzene rings is 1. The smallest absolute Gasteiger partial charge is 0.416 e. The number of nitriles is 1. The van der Waals surface area contributed by atoms with Gasteiger partial charge in [-0.05, 0) is 42.5 Å². The Kier molecular flexibility index (Phi) is 4.66. The molecule has 1 aromatic carbocycles. The van der Waals surface area contributed by atoms with Crippen LogP contribution in [-0.2, 0) is 12.7 Å². The van der Waals surface area contributed by atoms with Gasteiger partial charge in [-0.15, -0.1) is 0 Å². The van der Waals surface area contributed by atoms with Crippen LogP contribution in [0.25, 0.3) is 22.4 Å². The van der Waals surface area contributed by atoms with Crippen LogP contribution in [0.15, 0.2) is 54.9 Å². The van der Waals surface area contributed by atoms with Gasteiger partial charge in [-0.3, -0.25) is 14.5 Å². The van der Waals surface area contributed by atoms with Crippen molar-refractivity contribution in [3.63, 3.8) is 0 Å². The molecule has 1 aliphatic heterocycles. The highest BCUT2D eigenvalue weighted by atomic mass is 19.4. The lowest BCUT2D eigenvalue weighted by Crippen LogP contribution is -2.23. The number of halogens is 3. The Balaban J connectivity index is 1.34. The topological polar surface area (TPSA) is 85.9 Å². The molecule has 0 bridgehead atoms. The van der Waals surface area contributed by atoms with E-state index >= 15 is 0 Å². The van der Waals surface area contributed by atoms with E-state index in [9.17, 15) is 13.2 Å². The van der Waals surface area contributed by atoms with Gasteiger partial charge in [0.25, 0.3) is 6.01 Å². The van der Waals surface area contributed by atoms with Crippen LogP contribution < -0.4 is 9.47 Å². The fourth-order valence-corrected chi connectivity index (χ4v) is 3.54. The quantitative estimate of drug-likeness (QED) is 0.475. The van der Waals surface area contributed by atoms with Gasteiger partial charge in [0.15, 0.2) is 6.10 Å². The Morgan fingerprint density at radius 2 is 2.03 bits per heavy atom. The van der Waals surface area contributed by atoms with E-state index in [4.69, 9.17) is 14.7 Å². The monoisotopic (exact) mass is 437 g/mol. The van der Waals surface area contributed by atoms with Crippen molar-refractivity contribution in [1.29, 1.82) is 5.26 Å². The van der Waals surface area contributed by atoms with E-state index in [2.05, 4.69) is 21.0 Å². The largest absolute Gasteiger partial charge is 0.487 e. The van der Waals surface area contributed by atoms with E-state index in [1.165, 1.54) is 6.20 Å². The lowest BCUT2D eigenvalue weighted by molar-refractivity contribution is -0.137. The Labute approximate surface area is 179 Å². The van der Waals surface area contributed by atoms with Crippen molar-refractivity contribution in [2.45, 2.75) is 18.8 Å². The Bertz CT molecular complexity index is 1360. The number of hydrogen-bond donors (Lipinski definition) is 0. The fourth-order valence-electron chi connectivity index (χ4n) is 3.54. The molecular weight excluding hydrogens is 423 g/mol. The summed E-state index contributed by atoms with van der Waals surface area (Å²) < 4.78 is 52.8. The minimum Gasteiger partial charge on any atom is -0.487 e. The molecule has 0 N–H and O–H groups in total. The molecule has 5 rings (SSSR count). The summed E-state index contributed by atoms with van der Waals surface area (Å²) >= 11 is 0. The maximum Gasteiger partial charge on any atom is 0.416 e. The number of rotatable bonds is 4. The van der Waals surface area contributed by atoms with Gasteiger partial charge >= 0.3 is 6.18 Å². The number of fused-ring (bicyclic) bond motifs is 3. The summed E-state index contributed by atoms with van der Waals surface area (Å²) in [6.07, 6.45) is -2.27. The average molecular weight is 437 g/mol. The zero-order chi connectivity index (χ0) is 22.3. The van der Waals surface area contributed by atoms with Crippen molar-refractivity contribution < 1.29 is 22.6 Å². The molecule has 4 aromatic rings. The van der Waals surface area contributed by atoms with E-state index in [1.54, 1.807) is 24.3 Å². The highest BCUT2D eigenvalue weighted by molar-refractivity contribution is 5.78. The first-order chi connectivity index (χ1) is 15.4. The van der Waals surface area contributed by atoms with Crippen LogP contribution in [0.3, 0.4) is 0 Å². The summed E-state index contributed by atoms with van der Waals surface area (Å²) in [5, 5.41) is 9.03. The summed E-state index contributed by atoms with van der Waals surface area (Å²) in [5.74, 6) is 0.302. The Morgan fingerprint density at radius 3 is 2.84 bits per heavy atom. The second kappa shape index (κ2) is 7.53. The number of aromatic nitrogens is 4. The van der Waals surface area contributed by atoms with Crippen LogP contribution in [0.5, 0.6) is 11.8 Å². The van der Waals surface area contributed by atoms with Crippen molar-refractivity contribution in [2.75, 3.05) is 6.61 Å². The van der Waals surface area contributed by atoms with Crippen LogP contribution in [0.1, 0.15) is 11.1 Å². The number of nitrogens with zero attached hydrogens (tertiary/aromatic N) is 5. The lowest BCUT2D eigenvalue weighted by Gasteiger charge is -2.14. The number of pyridine rings is 2. The summed E-state index contributed by atoms with van der Waals surface area (Å²) in [4.78, 5) is 12.6. The molecule has 0 unspecified atom stereocenters. The van der Waals surface area contributed by atoms with Gasteiger partial charge in [0.05, 0.1) is 40.5 Å². The molecule has 0 fully saturated rings. The van der Waals surface area contributed by atoms with Gasteiger partial charge in [-0.1, -0.05) is 0 Å². The number of alkyl halides is 3. The Hall–Kier alpha value is -4.13. The van der Waals surface area contributed by atoms with E-state index < -0.39 is 11.7 Å². The molecular formula is C22H14F3N5O2. The lowest BCUT2D eigenvalue weighted by atomic mass is 10.1. The van der Waals surface area contributed by atoms with Crippen molar-refractivity contribution in [1.82, 2.24) is 19.5 Å². The summed E-state index contributed by atoms with van der Waals surface area (Å²) in [6.45, 7) is 0.619. The highest BCUT2D eigenvalue weighted by Crippen LogP contribution is 2.34. The molecule has 10 heteroatoms. The van der Waals surface area contributed by atoms with Crippen molar-refractivity contribution in [3.05, 3.63) is 66.0 Å². The predicted molar refractivity (Wildman–Crippen MR) is 107 cm³/mol. The normalized spacial score (nSPS) is 15.2. The first-order valence-electron chi connectivity index (χ1n) is 9.61. The molecule has 1 aliphatic rings. The second-order valence-corrected chi connectivity index (χ2v) is 7.15. The molecule has 0 spiro atoms. The first-order valence-corrected chi connectivity index (χ1v) is 9.61. The van der Waals surface area contributed by atoms with Gasteiger partial charge < -0.3 is 9.47 Å². The number of hydrogen-bond acceptors (Lipinski definition) is 6.